The molecule has 0 saturated carbocycles. The number of nitrogens with one attached hydrogen (secondary N) is 2. The molecule has 5 heteroatoms. The molecule has 2 aliphatic rings. The molecule has 0 aromatic carbocycles. The maximum absolute atomic E-state index is 12.3. The number of nitrogens with zero attached hydrogens (tertiary/aromatic N) is 2. The lowest BCUT2D eigenvalue weighted by molar-refractivity contribution is 0.170. The van der Waals surface area contributed by atoms with Crippen LogP contribution in [0.2, 0.25) is 0 Å². The van der Waals surface area contributed by atoms with Gasteiger partial charge < -0.3 is 19.8 Å². The highest BCUT2D eigenvalue weighted by Gasteiger charge is 2.27. The number of H-pyrrole nitrogens is 1. The third-order valence-corrected chi connectivity index (χ3v) is 6.74. The molecule has 0 amide bonds. The fourth-order valence-corrected chi connectivity index (χ4v) is 5.09. The van der Waals surface area contributed by atoms with Crippen molar-refractivity contribution in [3.63, 3.8) is 0 Å². The molecule has 1 unspecified atom stereocenters. The minimum atomic E-state index is 0.0976. The molecule has 0 aliphatic carbocycles. The van der Waals surface area contributed by atoms with Crippen molar-refractivity contribution < 1.29 is 0 Å². The van der Waals surface area contributed by atoms with Crippen molar-refractivity contribution in [3.8, 4) is 12.3 Å². The molecule has 168 valence electrons. The lowest BCUT2D eigenvalue weighted by Gasteiger charge is -2.33. The average Bonchev–Trinajstić information content (AvgIpc) is 3.37. The van der Waals surface area contributed by atoms with Gasteiger partial charge in [-0.25, -0.2) is 0 Å². The van der Waals surface area contributed by atoms with Crippen molar-refractivity contribution >= 4 is 12.2 Å². The first kappa shape index (κ1) is 22.4. The number of hydrogen-bond donors (Lipinski definition) is 2. The van der Waals surface area contributed by atoms with Crippen molar-refractivity contribution in [2.45, 2.75) is 52.2 Å². The molecule has 4 heterocycles. The average molecular weight is 431 g/mol. The molecule has 2 aliphatic heterocycles. The highest BCUT2D eigenvalue weighted by atomic mass is 16.1. The Balaban J connectivity index is 1.26. The standard InChI is InChI=1S/C27H34N4O/c1-4-6-8-22-9-10-27(32)31-19-21(16-26(22)31)18-30-13-11-23(12-14-30)28-17-24-15-20(3)25(29-24)7-5-2/h1,5-10,15,21,23,28-29H,11-14,16-19H2,2-3H3/b7-5-,8-6-. The van der Waals surface area contributed by atoms with Gasteiger partial charge in [-0.3, -0.25) is 4.79 Å². The highest BCUT2D eigenvalue weighted by Crippen LogP contribution is 2.25. The van der Waals surface area contributed by atoms with E-state index in [2.05, 4.69) is 46.3 Å². The van der Waals surface area contributed by atoms with E-state index in [1.807, 2.05) is 23.6 Å². The van der Waals surface area contributed by atoms with Gasteiger partial charge in [-0.05, 0) is 93.6 Å². The third-order valence-electron chi connectivity index (χ3n) is 6.74. The van der Waals surface area contributed by atoms with E-state index in [-0.39, 0.29) is 5.56 Å². The van der Waals surface area contributed by atoms with Gasteiger partial charge in [0.2, 0.25) is 0 Å². The minimum Gasteiger partial charge on any atom is -0.358 e. The molecule has 2 aromatic rings. The van der Waals surface area contributed by atoms with Gasteiger partial charge in [0.1, 0.15) is 0 Å². The van der Waals surface area contributed by atoms with Crippen molar-refractivity contribution in [2.75, 3.05) is 19.6 Å². The lowest BCUT2D eigenvalue weighted by Crippen LogP contribution is -2.44. The van der Waals surface area contributed by atoms with Crippen LogP contribution in [-0.4, -0.2) is 40.1 Å². The summed E-state index contributed by atoms with van der Waals surface area (Å²) in [6.07, 6.45) is 16.5. The molecule has 5 nitrogen and oxygen atoms in total. The molecular formula is C27H34N4O. The van der Waals surface area contributed by atoms with Crippen molar-refractivity contribution in [2.24, 2.45) is 5.92 Å². The normalized spacial score (nSPS) is 19.7. The van der Waals surface area contributed by atoms with Gasteiger partial charge in [-0.2, -0.15) is 0 Å². The molecule has 2 N–H and O–H groups in total. The summed E-state index contributed by atoms with van der Waals surface area (Å²) in [6, 6.07) is 6.36. The SMILES string of the molecule is C#C/C=C\c1ccc(=O)n2c1CC(CN1CCC(NCc3cc(C)c(/C=C\C)[nH]3)CC1)C2. The van der Waals surface area contributed by atoms with Crippen LogP contribution in [0.5, 0.6) is 0 Å². The van der Waals surface area contributed by atoms with Gasteiger partial charge in [0.05, 0.1) is 0 Å². The van der Waals surface area contributed by atoms with Crippen LogP contribution in [0, 0.1) is 25.2 Å². The van der Waals surface area contributed by atoms with Gasteiger partial charge in [-0.15, -0.1) is 6.42 Å². The van der Waals surface area contributed by atoms with E-state index in [4.69, 9.17) is 6.42 Å². The number of likely N-dealkylation sites (tertiary alicyclic amines) is 1. The molecule has 4 rings (SSSR count). The van der Waals surface area contributed by atoms with Crippen molar-refractivity contribution in [1.82, 2.24) is 19.8 Å². The number of pyridine rings is 1. The fraction of sp³-hybridized carbons (Fsp3) is 0.444. The summed E-state index contributed by atoms with van der Waals surface area (Å²) in [7, 11) is 0. The van der Waals surface area contributed by atoms with Crippen LogP contribution in [0.1, 0.15) is 48.0 Å². The van der Waals surface area contributed by atoms with E-state index in [9.17, 15) is 4.79 Å². The number of allylic oxidation sites excluding steroid dienone is 2. The zero-order chi connectivity index (χ0) is 22.5. The van der Waals surface area contributed by atoms with Gasteiger partial charge in [-0.1, -0.05) is 12.0 Å². The van der Waals surface area contributed by atoms with Crippen LogP contribution >= 0.6 is 0 Å². The summed E-state index contributed by atoms with van der Waals surface area (Å²) in [5.74, 6) is 3.03. The third kappa shape index (κ3) is 5.15. The van der Waals surface area contributed by atoms with Crippen molar-refractivity contribution in [1.29, 1.82) is 0 Å². The summed E-state index contributed by atoms with van der Waals surface area (Å²) in [4.78, 5) is 18.4. The number of hydrogen-bond acceptors (Lipinski definition) is 3. The molecule has 1 saturated heterocycles. The predicted molar refractivity (Wildman–Crippen MR) is 132 cm³/mol. The molecule has 0 spiro atoms. The number of aromatic amines is 1. The summed E-state index contributed by atoms with van der Waals surface area (Å²) in [5.41, 5.74) is 6.05. The molecule has 0 bridgehead atoms. The Kier molecular flexibility index (Phi) is 7.14. The van der Waals surface area contributed by atoms with Gasteiger partial charge >= 0.3 is 0 Å². The minimum absolute atomic E-state index is 0.0976. The van der Waals surface area contributed by atoms with E-state index in [1.54, 1.807) is 12.1 Å². The first-order valence-electron chi connectivity index (χ1n) is 11.7. The second kappa shape index (κ2) is 10.2. The summed E-state index contributed by atoms with van der Waals surface area (Å²) < 4.78 is 1.94. The second-order valence-corrected chi connectivity index (χ2v) is 9.10. The van der Waals surface area contributed by atoms with Crippen molar-refractivity contribution in [3.05, 3.63) is 68.9 Å². The number of fused-ring (bicyclic) bond motifs is 1. The number of piperidine rings is 1. The zero-order valence-electron chi connectivity index (χ0n) is 19.2. The lowest BCUT2D eigenvalue weighted by atomic mass is 10.00. The Morgan fingerprint density at radius 1 is 1.28 bits per heavy atom. The van der Waals surface area contributed by atoms with Crippen LogP contribution < -0.4 is 10.9 Å². The van der Waals surface area contributed by atoms with Gasteiger partial charge in [0, 0.05) is 48.8 Å². The second-order valence-electron chi connectivity index (χ2n) is 9.10. The Morgan fingerprint density at radius 2 is 2.09 bits per heavy atom. The van der Waals surface area contributed by atoms with E-state index in [0.717, 1.165) is 63.2 Å². The first-order chi connectivity index (χ1) is 15.6. The summed E-state index contributed by atoms with van der Waals surface area (Å²) in [5, 5.41) is 3.73. The summed E-state index contributed by atoms with van der Waals surface area (Å²) >= 11 is 0. The van der Waals surface area contributed by atoms with E-state index in [0.29, 0.717) is 12.0 Å². The van der Waals surface area contributed by atoms with Crippen LogP contribution in [-0.2, 0) is 19.5 Å². The first-order valence-corrected chi connectivity index (χ1v) is 11.7. The van der Waals surface area contributed by atoms with Gasteiger partial charge in [0.25, 0.3) is 5.56 Å². The van der Waals surface area contributed by atoms with Crippen LogP contribution in [0.15, 0.2) is 35.1 Å². The smallest absolute Gasteiger partial charge is 0.250 e. The predicted octanol–water partition coefficient (Wildman–Crippen LogP) is 3.59. The monoisotopic (exact) mass is 430 g/mol. The van der Waals surface area contributed by atoms with Gasteiger partial charge in [0.15, 0.2) is 0 Å². The molecule has 2 aromatic heterocycles. The molecule has 0 radical (unpaired) electrons. The van der Waals surface area contributed by atoms with Crippen LogP contribution in [0.3, 0.4) is 0 Å². The Hall–Kier alpha value is -2.81. The number of aryl methyl sites for hydroxylation is 1. The Bertz CT molecular complexity index is 1090. The van der Waals surface area contributed by atoms with E-state index < -0.39 is 0 Å². The van der Waals surface area contributed by atoms with E-state index in [1.165, 1.54) is 17.0 Å². The largest absolute Gasteiger partial charge is 0.358 e. The van der Waals surface area contributed by atoms with E-state index >= 15 is 0 Å². The maximum Gasteiger partial charge on any atom is 0.250 e. The topological polar surface area (TPSA) is 53.1 Å². The Morgan fingerprint density at radius 3 is 2.84 bits per heavy atom. The summed E-state index contributed by atoms with van der Waals surface area (Å²) in [6.45, 7) is 9.16. The van der Waals surface area contributed by atoms with Crippen LogP contribution in [0.25, 0.3) is 12.2 Å². The number of rotatable bonds is 7. The zero-order valence-corrected chi connectivity index (χ0v) is 19.2. The number of terminal acetylenes is 1. The van der Waals surface area contributed by atoms with Crippen LogP contribution in [0.4, 0.5) is 0 Å². The molecular weight excluding hydrogens is 396 g/mol. The maximum atomic E-state index is 12.3. The Labute approximate surface area is 191 Å². The quantitative estimate of drug-likeness (QED) is 0.660. The molecule has 1 atom stereocenters. The highest BCUT2D eigenvalue weighted by molar-refractivity contribution is 5.55. The molecule has 32 heavy (non-hydrogen) atoms. The fourth-order valence-electron chi connectivity index (χ4n) is 5.09. The number of aromatic nitrogens is 2. The molecule has 1 fully saturated rings.